The maximum Gasteiger partial charge on any atom is 0.267 e. The van der Waals surface area contributed by atoms with Gasteiger partial charge in [0.1, 0.15) is 15.8 Å². The van der Waals surface area contributed by atoms with Crippen molar-refractivity contribution in [2.75, 3.05) is 11.4 Å². The molecular formula is C26H25ClN4O2S2. The Bertz CT molecular complexity index is 1430. The summed E-state index contributed by atoms with van der Waals surface area (Å²) in [6.07, 6.45) is 6.62. The van der Waals surface area contributed by atoms with E-state index in [-0.39, 0.29) is 24.1 Å². The van der Waals surface area contributed by atoms with E-state index in [0.717, 1.165) is 36.9 Å². The fourth-order valence-corrected chi connectivity index (χ4v) is 6.06. The highest BCUT2D eigenvalue weighted by Gasteiger charge is 2.34. The minimum Gasteiger partial charge on any atom is -0.353 e. The first-order valence-corrected chi connectivity index (χ1v) is 13.2. The number of nitrogens with zero attached hydrogens (tertiary/aromatic N) is 4. The van der Waals surface area contributed by atoms with Crippen molar-refractivity contribution >= 4 is 63.3 Å². The van der Waals surface area contributed by atoms with Crippen molar-refractivity contribution in [1.82, 2.24) is 14.3 Å². The number of piperidine rings is 1. The first-order chi connectivity index (χ1) is 16.8. The van der Waals surface area contributed by atoms with E-state index in [1.807, 2.05) is 37.3 Å². The predicted octanol–water partition coefficient (Wildman–Crippen LogP) is 5.44. The summed E-state index contributed by atoms with van der Waals surface area (Å²) in [7, 11) is 0. The molecule has 2 fully saturated rings. The summed E-state index contributed by atoms with van der Waals surface area (Å²) in [5.74, 6) is 0.402. The summed E-state index contributed by atoms with van der Waals surface area (Å²) in [6, 6.07) is 11.4. The van der Waals surface area contributed by atoms with E-state index in [9.17, 15) is 9.59 Å². The number of rotatable bonds is 4. The fraction of sp³-hybridized carbons (Fsp3) is 0.308. The summed E-state index contributed by atoms with van der Waals surface area (Å²) in [4.78, 5) is 36.2. The summed E-state index contributed by atoms with van der Waals surface area (Å²) in [6.45, 7) is 5.22. The average molecular weight is 525 g/mol. The molecule has 1 atom stereocenters. The van der Waals surface area contributed by atoms with Crippen molar-refractivity contribution in [3.05, 3.63) is 79.6 Å². The highest BCUT2D eigenvalue weighted by molar-refractivity contribution is 8.26. The number of amides is 1. The quantitative estimate of drug-likeness (QED) is 0.335. The molecular weight excluding hydrogens is 500 g/mol. The molecule has 0 N–H and O–H groups in total. The first-order valence-electron chi connectivity index (χ1n) is 11.6. The molecule has 9 heteroatoms. The highest BCUT2D eigenvalue weighted by Crippen LogP contribution is 2.36. The Labute approximate surface area is 218 Å². The van der Waals surface area contributed by atoms with E-state index in [0.29, 0.717) is 31.3 Å². The molecule has 1 amide bonds. The fourth-order valence-electron chi connectivity index (χ4n) is 4.62. The number of benzene rings is 1. The summed E-state index contributed by atoms with van der Waals surface area (Å²) in [5, 5.41) is 0.583. The van der Waals surface area contributed by atoms with E-state index in [1.165, 1.54) is 16.7 Å². The number of hydrogen-bond donors (Lipinski definition) is 0. The lowest BCUT2D eigenvalue weighted by molar-refractivity contribution is -0.122. The van der Waals surface area contributed by atoms with Gasteiger partial charge >= 0.3 is 0 Å². The van der Waals surface area contributed by atoms with Gasteiger partial charge in [-0.1, -0.05) is 59.8 Å². The molecule has 2 aromatic heterocycles. The molecule has 0 saturated carbocycles. The molecule has 2 aliphatic rings. The van der Waals surface area contributed by atoms with Gasteiger partial charge in [-0.2, -0.15) is 0 Å². The lowest BCUT2D eigenvalue weighted by atomic mass is 10.0. The van der Waals surface area contributed by atoms with Gasteiger partial charge in [0.15, 0.2) is 0 Å². The topological polar surface area (TPSA) is 57.9 Å². The van der Waals surface area contributed by atoms with Crippen molar-refractivity contribution in [3.8, 4) is 0 Å². The Hall–Kier alpha value is -2.68. The standard InChI is InChI=1S/C26H25ClN4O2S2/c1-16-8-7-13-30-22(16)28-23(29-12-6-5-9-17(29)2)19(24(30)32)14-21-25(33)31(26(34)35-21)15-18-10-3-4-11-20(18)27/h3-4,7-8,10-11,13-14,17H,5-6,9,12,15H2,1-2H3/b21-14+. The lowest BCUT2D eigenvalue weighted by Crippen LogP contribution is -2.40. The number of anilines is 1. The number of aryl methyl sites for hydroxylation is 1. The minimum atomic E-state index is -0.230. The van der Waals surface area contributed by atoms with Gasteiger partial charge in [0.25, 0.3) is 11.5 Å². The molecule has 6 nitrogen and oxygen atoms in total. The highest BCUT2D eigenvalue weighted by atomic mass is 35.5. The largest absolute Gasteiger partial charge is 0.353 e. The molecule has 5 rings (SSSR count). The van der Waals surface area contributed by atoms with E-state index in [1.54, 1.807) is 22.7 Å². The number of thioether (sulfide) groups is 1. The van der Waals surface area contributed by atoms with Crippen molar-refractivity contribution in [2.45, 2.75) is 45.7 Å². The Balaban J connectivity index is 1.60. The zero-order chi connectivity index (χ0) is 24.7. The second-order valence-electron chi connectivity index (χ2n) is 8.94. The molecule has 3 aromatic rings. The average Bonchev–Trinajstić information content (AvgIpc) is 3.10. The van der Waals surface area contributed by atoms with E-state index >= 15 is 0 Å². The third kappa shape index (κ3) is 4.50. The predicted molar refractivity (Wildman–Crippen MR) is 147 cm³/mol. The molecule has 4 heterocycles. The zero-order valence-corrected chi connectivity index (χ0v) is 21.9. The number of fused-ring (bicyclic) bond motifs is 1. The van der Waals surface area contributed by atoms with Crippen molar-refractivity contribution in [2.24, 2.45) is 0 Å². The monoisotopic (exact) mass is 524 g/mol. The number of halogens is 1. The van der Waals surface area contributed by atoms with Crippen molar-refractivity contribution in [1.29, 1.82) is 0 Å². The van der Waals surface area contributed by atoms with Crippen LogP contribution in [0.2, 0.25) is 5.02 Å². The molecule has 2 saturated heterocycles. The van der Waals surface area contributed by atoms with Gasteiger partial charge in [-0.05, 0) is 62.4 Å². The molecule has 1 aromatic carbocycles. The van der Waals surface area contributed by atoms with Crippen LogP contribution in [0.5, 0.6) is 0 Å². The Morgan fingerprint density at radius 1 is 1.20 bits per heavy atom. The van der Waals surface area contributed by atoms with Gasteiger partial charge in [-0.3, -0.25) is 18.9 Å². The van der Waals surface area contributed by atoms with Crippen LogP contribution in [-0.2, 0) is 11.3 Å². The maximum absolute atomic E-state index is 13.7. The summed E-state index contributed by atoms with van der Waals surface area (Å²) >= 11 is 13.1. The lowest BCUT2D eigenvalue weighted by Gasteiger charge is -2.35. The second-order valence-corrected chi connectivity index (χ2v) is 11.0. The number of carbonyl (C=O) groups is 1. The van der Waals surface area contributed by atoms with E-state index in [4.69, 9.17) is 28.8 Å². The number of carbonyl (C=O) groups excluding carboxylic acids is 1. The third-order valence-corrected chi connectivity index (χ3v) is 8.32. The van der Waals surface area contributed by atoms with Crippen molar-refractivity contribution in [3.63, 3.8) is 0 Å². The van der Waals surface area contributed by atoms with Crippen molar-refractivity contribution < 1.29 is 4.79 Å². The van der Waals surface area contributed by atoms with Crippen LogP contribution >= 0.6 is 35.6 Å². The second kappa shape index (κ2) is 9.76. The Morgan fingerprint density at radius 3 is 2.77 bits per heavy atom. The van der Waals surface area contributed by atoms with Crippen LogP contribution in [0.3, 0.4) is 0 Å². The molecule has 0 radical (unpaired) electrons. The van der Waals surface area contributed by atoms with Crippen LogP contribution < -0.4 is 10.5 Å². The molecule has 0 aliphatic carbocycles. The molecule has 35 heavy (non-hydrogen) atoms. The summed E-state index contributed by atoms with van der Waals surface area (Å²) < 4.78 is 2.00. The van der Waals surface area contributed by atoms with E-state index < -0.39 is 0 Å². The number of pyridine rings is 1. The van der Waals surface area contributed by atoms with Crippen LogP contribution in [0, 0.1) is 6.92 Å². The normalized spacial score (nSPS) is 19.9. The molecule has 180 valence electrons. The van der Waals surface area contributed by atoms with Gasteiger partial charge in [0.05, 0.1) is 17.0 Å². The Morgan fingerprint density at radius 2 is 2.00 bits per heavy atom. The minimum absolute atomic E-state index is 0.192. The number of thiocarbonyl (C=S) groups is 1. The van der Waals surface area contributed by atoms with Gasteiger partial charge < -0.3 is 4.90 Å². The first kappa shape index (κ1) is 24.0. The smallest absolute Gasteiger partial charge is 0.267 e. The molecule has 1 unspecified atom stereocenters. The number of aromatic nitrogens is 2. The van der Waals surface area contributed by atoms with Gasteiger partial charge in [0.2, 0.25) is 0 Å². The van der Waals surface area contributed by atoms with Gasteiger partial charge in [-0.25, -0.2) is 4.98 Å². The van der Waals surface area contributed by atoms with Gasteiger partial charge in [0, 0.05) is 23.8 Å². The maximum atomic E-state index is 13.7. The van der Waals surface area contributed by atoms with Crippen LogP contribution in [0.25, 0.3) is 11.7 Å². The molecule has 0 spiro atoms. The SMILES string of the molecule is Cc1cccn2c(=O)c(/C=C3/SC(=S)N(Cc4ccccc4Cl)C3=O)c(N3CCCCC3C)nc12. The van der Waals surface area contributed by atoms with Crippen LogP contribution in [0.4, 0.5) is 5.82 Å². The van der Waals surface area contributed by atoms with Gasteiger partial charge in [-0.15, -0.1) is 0 Å². The van der Waals surface area contributed by atoms with Crippen LogP contribution in [0.1, 0.15) is 42.9 Å². The Kier molecular flexibility index (Phi) is 6.70. The zero-order valence-electron chi connectivity index (χ0n) is 19.5. The van der Waals surface area contributed by atoms with E-state index in [2.05, 4.69) is 11.8 Å². The summed E-state index contributed by atoms with van der Waals surface area (Å²) in [5.41, 5.74) is 2.60. The van der Waals surface area contributed by atoms with Crippen LogP contribution in [0.15, 0.2) is 52.3 Å². The van der Waals surface area contributed by atoms with Crippen LogP contribution in [-0.4, -0.2) is 37.1 Å². The third-order valence-electron chi connectivity index (χ3n) is 6.57. The molecule has 0 bridgehead atoms. The number of hydrogen-bond acceptors (Lipinski definition) is 6. The molecule has 2 aliphatic heterocycles.